The average molecular weight is 399 g/mol. The van der Waals surface area contributed by atoms with Crippen LogP contribution in [0.3, 0.4) is 0 Å². The largest absolute Gasteiger partial charge is 0.419 e. The number of ketones is 1. The monoisotopic (exact) mass is 399 g/mol. The van der Waals surface area contributed by atoms with Crippen molar-refractivity contribution in [3.63, 3.8) is 0 Å². The minimum Gasteiger partial charge on any atom is -0.419 e. The van der Waals surface area contributed by atoms with E-state index in [-0.39, 0.29) is 30.1 Å². The topological polar surface area (TPSA) is 105 Å². The first kappa shape index (κ1) is 20.6. The van der Waals surface area contributed by atoms with Crippen LogP contribution in [0.1, 0.15) is 47.0 Å². The Balaban J connectivity index is 1.63. The lowest BCUT2D eigenvalue weighted by atomic mass is 10.1. The minimum atomic E-state index is -0.716. The van der Waals surface area contributed by atoms with Crippen LogP contribution in [0.2, 0.25) is 0 Å². The summed E-state index contributed by atoms with van der Waals surface area (Å²) in [5, 5.41) is 11.4. The third-order valence-electron chi connectivity index (χ3n) is 4.43. The molecule has 0 spiro atoms. The van der Waals surface area contributed by atoms with Gasteiger partial charge in [0.25, 0.3) is 0 Å². The lowest BCUT2D eigenvalue weighted by Crippen LogP contribution is -2.18. The third-order valence-corrected chi connectivity index (χ3v) is 4.43. The molecule has 0 unspecified atom stereocenters. The standard InChI is InChI=1S/C21H21NO7/c1-14-3-5-15(6-4-14)18(23)8-10-20(24)29-19-9-7-16(13-17(19)22(25)26)21-27-11-2-12-28-21/h3-7,9,13,21H,2,8,10-12H2,1H3. The van der Waals surface area contributed by atoms with Crippen molar-refractivity contribution in [1.29, 1.82) is 0 Å². The van der Waals surface area contributed by atoms with Crippen LogP contribution in [0.25, 0.3) is 0 Å². The molecule has 152 valence electrons. The number of nitro benzene ring substituents is 1. The van der Waals surface area contributed by atoms with E-state index >= 15 is 0 Å². The van der Waals surface area contributed by atoms with E-state index in [0.29, 0.717) is 24.3 Å². The molecular weight excluding hydrogens is 378 g/mol. The zero-order valence-corrected chi connectivity index (χ0v) is 16.0. The fourth-order valence-electron chi connectivity index (χ4n) is 2.86. The van der Waals surface area contributed by atoms with Gasteiger partial charge in [-0.05, 0) is 25.5 Å². The van der Waals surface area contributed by atoms with Gasteiger partial charge in [0.2, 0.25) is 5.75 Å². The summed E-state index contributed by atoms with van der Waals surface area (Å²) in [6.45, 7) is 2.92. The molecular formula is C21H21NO7. The van der Waals surface area contributed by atoms with Crippen LogP contribution in [0, 0.1) is 17.0 Å². The van der Waals surface area contributed by atoms with Gasteiger partial charge in [-0.15, -0.1) is 0 Å². The van der Waals surface area contributed by atoms with Gasteiger partial charge in [-0.25, -0.2) is 0 Å². The molecule has 8 nitrogen and oxygen atoms in total. The molecule has 0 bridgehead atoms. The molecule has 1 fully saturated rings. The summed E-state index contributed by atoms with van der Waals surface area (Å²) in [4.78, 5) is 35.0. The maximum absolute atomic E-state index is 12.2. The van der Waals surface area contributed by atoms with E-state index < -0.39 is 17.2 Å². The molecule has 0 aromatic heterocycles. The second-order valence-corrected chi connectivity index (χ2v) is 6.67. The molecule has 29 heavy (non-hydrogen) atoms. The van der Waals surface area contributed by atoms with Gasteiger partial charge in [0.05, 0.1) is 24.6 Å². The molecule has 0 radical (unpaired) electrons. The maximum Gasteiger partial charge on any atom is 0.312 e. The highest BCUT2D eigenvalue weighted by Crippen LogP contribution is 2.33. The first-order chi connectivity index (χ1) is 13.9. The lowest BCUT2D eigenvalue weighted by Gasteiger charge is -2.23. The zero-order chi connectivity index (χ0) is 20.8. The molecule has 1 aliphatic heterocycles. The summed E-state index contributed by atoms with van der Waals surface area (Å²) in [5.74, 6) is -1.09. The predicted molar refractivity (Wildman–Crippen MR) is 103 cm³/mol. The normalized spacial score (nSPS) is 14.4. The van der Waals surface area contributed by atoms with Gasteiger partial charge in [0, 0.05) is 23.6 Å². The number of carbonyl (C=O) groups excluding carboxylic acids is 2. The molecule has 1 heterocycles. The number of aryl methyl sites for hydroxylation is 1. The summed E-state index contributed by atoms with van der Waals surface area (Å²) < 4.78 is 16.0. The molecule has 2 aromatic carbocycles. The predicted octanol–water partition coefficient (Wildman–Crippen LogP) is 3.91. The Hall–Kier alpha value is -3.10. The Morgan fingerprint density at radius 2 is 1.79 bits per heavy atom. The summed E-state index contributed by atoms with van der Waals surface area (Å²) >= 11 is 0. The van der Waals surface area contributed by atoms with Gasteiger partial charge in [-0.3, -0.25) is 19.7 Å². The highest BCUT2D eigenvalue weighted by Gasteiger charge is 2.24. The van der Waals surface area contributed by atoms with Crippen LogP contribution < -0.4 is 4.74 Å². The quantitative estimate of drug-likeness (QED) is 0.228. The van der Waals surface area contributed by atoms with Crippen LogP contribution in [-0.2, 0) is 14.3 Å². The third kappa shape index (κ3) is 5.46. The van der Waals surface area contributed by atoms with Gasteiger partial charge >= 0.3 is 11.7 Å². The Labute approximate surface area is 167 Å². The van der Waals surface area contributed by atoms with E-state index in [1.807, 2.05) is 19.1 Å². The fraction of sp³-hybridized carbons (Fsp3) is 0.333. The number of hydrogen-bond acceptors (Lipinski definition) is 7. The van der Waals surface area contributed by atoms with Crippen molar-refractivity contribution in [2.24, 2.45) is 0 Å². The molecule has 3 rings (SSSR count). The molecule has 0 atom stereocenters. The highest BCUT2D eigenvalue weighted by molar-refractivity contribution is 5.97. The van der Waals surface area contributed by atoms with Crippen LogP contribution in [-0.4, -0.2) is 29.9 Å². The van der Waals surface area contributed by atoms with Crippen LogP contribution in [0.5, 0.6) is 5.75 Å². The van der Waals surface area contributed by atoms with E-state index in [2.05, 4.69) is 0 Å². The second-order valence-electron chi connectivity index (χ2n) is 6.67. The fourth-order valence-corrected chi connectivity index (χ4v) is 2.86. The Morgan fingerprint density at radius 1 is 1.10 bits per heavy atom. The Bertz CT molecular complexity index is 902. The molecule has 0 N–H and O–H groups in total. The number of rotatable bonds is 7. The number of nitrogens with zero attached hydrogens (tertiary/aromatic N) is 1. The Kier molecular flexibility index (Phi) is 6.69. The number of benzene rings is 2. The van der Waals surface area contributed by atoms with Crippen molar-refractivity contribution >= 4 is 17.4 Å². The number of nitro groups is 1. The van der Waals surface area contributed by atoms with Gasteiger partial charge < -0.3 is 14.2 Å². The van der Waals surface area contributed by atoms with Crippen molar-refractivity contribution in [2.75, 3.05) is 13.2 Å². The van der Waals surface area contributed by atoms with Crippen molar-refractivity contribution in [2.45, 2.75) is 32.5 Å². The first-order valence-corrected chi connectivity index (χ1v) is 9.26. The molecule has 1 saturated heterocycles. The highest BCUT2D eigenvalue weighted by atomic mass is 16.7. The average Bonchev–Trinajstić information content (AvgIpc) is 2.73. The number of Topliss-reactive ketones (excluding diaryl/α,β-unsaturated/α-hetero) is 1. The van der Waals surface area contributed by atoms with Crippen molar-refractivity contribution in [3.05, 3.63) is 69.3 Å². The Morgan fingerprint density at radius 3 is 2.45 bits per heavy atom. The smallest absolute Gasteiger partial charge is 0.312 e. The van der Waals surface area contributed by atoms with E-state index in [0.717, 1.165) is 12.0 Å². The van der Waals surface area contributed by atoms with Gasteiger partial charge in [0.1, 0.15) is 0 Å². The minimum absolute atomic E-state index is 0.0441. The SMILES string of the molecule is Cc1ccc(C(=O)CCC(=O)Oc2ccc(C3OCCCO3)cc2[N+](=O)[O-])cc1. The molecule has 0 saturated carbocycles. The van der Waals surface area contributed by atoms with E-state index in [4.69, 9.17) is 14.2 Å². The summed E-state index contributed by atoms with van der Waals surface area (Å²) in [6, 6.07) is 11.2. The summed E-state index contributed by atoms with van der Waals surface area (Å²) in [6.07, 6.45) is -0.146. The van der Waals surface area contributed by atoms with Crippen molar-refractivity contribution in [1.82, 2.24) is 0 Å². The van der Waals surface area contributed by atoms with Gasteiger partial charge in [-0.2, -0.15) is 0 Å². The van der Waals surface area contributed by atoms with Crippen molar-refractivity contribution < 1.29 is 28.7 Å². The number of carbonyl (C=O) groups is 2. The maximum atomic E-state index is 12.2. The van der Waals surface area contributed by atoms with Gasteiger partial charge in [-0.1, -0.05) is 29.8 Å². The number of hydrogen-bond donors (Lipinski definition) is 0. The van der Waals surface area contributed by atoms with Crippen LogP contribution >= 0.6 is 0 Å². The molecule has 0 amide bonds. The number of esters is 1. The molecule has 1 aliphatic rings. The zero-order valence-electron chi connectivity index (χ0n) is 16.0. The van der Waals surface area contributed by atoms with E-state index in [1.54, 1.807) is 18.2 Å². The lowest BCUT2D eigenvalue weighted by molar-refractivity contribution is -0.385. The van der Waals surface area contributed by atoms with Crippen LogP contribution in [0.15, 0.2) is 42.5 Å². The summed E-state index contributed by atoms with van der Waals surface area (Å²) in [7, 11) is 0. The van der Waals surface area contributed by atoms with Crippen LogP contribution in [0.4, 0.5) is 5.69 Å². The van der Waals surface area contributed by atoms with Gasteiger partial charge in [0.15, 0.2) is 12.1 Å². The molecule has 2 aromatic rings. The molecule has 8 heteroatoms. The second kappa shape index (κ2) is 9.40. The van der Waals surface area contributed by atoms with E-state index in [9.17, 15) is 19.7 Å². The van der Waals surface area contributed by atoms with E-state index in [1.165, 1.54) is 12.1 Å². The summed E-state index contributed by atoms with van der Waals surface area (Å²) in [5.41, 5.74) is 1.65. The first-order valence-electron chi connectivity index (χ1n) is 9.26. The van der Waals surface area contributed by atoms with Crippen molar-refractivity contribution in [3.8, 4) is 5.75 Å². The molecule has 0 aliphatic carbocycles. The number of ether oxygens (including phenoxy) is 3.